The normalized spacial score (nSPS) is 17.9. The number of hydrogen-bond donors (Lipinski definition) is 1. The fourth-order valence-corrected chi connectivity index (χ4v) is 2.05. The van der Waals surface area contributed by atoms with E-state index in [1.165, 1.54) is 13.8 Å². The van der Waals surface area contributed by atoms with Crippen molar-refractivity contribution in [2.75, 3.05) is 11.4 Å². The van der Waals surface area contributed by atoms with E-state index >= 15 is 0 Å². The maximum absolute atomic E-state index is 14.0. The highest BCUT2D eigenvalue weighted by molar-refractivity contribution is 6.06. The molecule has 0 saturated carbocycles. The van der Waals surface area contributed by atoms with Crippen molar-refractivity contribution in [3.63, 3.8) is 0 Å². The van der Waals surface area contributed by atoms with Gasteiger partial charge in [-0.15, -0.1) is 0 Å². The van der Waals surface area contributed by atoms with Gasteiger partial charge in [0.25, 0.3) is 5.91 Å². The molecule has 1 aliphatic heterocycles. The summed E-state index contributed by atoms with van der Waals surface area (Å²) >= 11 is 0. The lowest BCUT2D eigenvalue weighted by atomic mass is 9.97. The van der Waals surface area contributed by atoms with E-state index < -0.39 is 34.7 Å². The molecule has 0 bridgehead atoms. The van der Waals surface area contributed by atoms with Crippen LogP contribution in [-0.2, 0) is 9.59 Å². The lowest BCUT2D eigenvalue weighted by molar-refractivity contribution is -0.135. The number of hydrogen-bond acceptors (Lipinski definition) is 4. The molecule has 20 heavy (non-hydrogen) atoms. The third kappa shape index (κ3) is 2.15. The molecule has 106 valence electrons. The SMILES string of the molecule is CC1(C)C(=O)NC(=O)CN1c1c(F)cc(C=O)cc1F. The number of piperazine rings is 1. The highest BCUT2D eigenvalue weighted by Gasteiger charge is 2.43. The summed E-state index contributed by atoms with van der Waals surface area (Å²) in [6.45, 7) is 2.54. The summed E-state index contributed by atoms with van der Waals surface area (Å²) in [6, 6.07) is 1.72. The maximum Gasteiger partial charge on any atom is 0.251 e. The molecule has 1 aliphatic rings. The van der Waals surface area contributed by atoms with Crippen molar-refractivity contribution in [2.45, 2.75) is 19.4 Å². The quantitative estimate of drug-likeness (QED) is 0.649. The molecule has 1 aromatic carbocycles. The molecule has 5 nitrogen and oxygen atoms in total. The number of amides is 2. The van der Waals surface area contributed by atoms with Crippen molar-refractivity contribution in [1.82, 2.24) is 5.32 Å². The Morgan fingerprint density at radius 2 is 1.80 bits per heavy atom. The lowest BCUT2D eigenvalue weighted by Gasteiger charge is -2.41. The summed E-state index contributed by atoms with van der Waals surface area (Å²) in [4.78, 5) is 34.8. The molecule has 2 amide bonds. The molecule has 0 radical (unpaired) electrons. The van der Waals surface area contributed by atoms with Gasteiger partial charge in [-0.2, -0.15) is 0 Å². The zero-order chi connectivity index (χ0) is 15.1. The molecule has 0 aliphatic carbocycles. The Bertz CT molecular complexity index is 591. The molecule has 1 fully saturated rings. The molecule has 1 N–H and O–H groups in total. The van der Waals surface area contributed by atoms with Gasteiger partial charge < -0.3 is 4.90 Å². The summed E-state index contributed by atoms with van der Waals surface area (Å²) in [5.41, 5.74) is -1.95. The highest BCUT2D eigenvalue weighted by atomic mass is 19.1. The zero-order valence-electron chi connectivity index (χ0n) is 10.9. The van der Waals surface area contributed by atoms with E-state index in [1.807, 2.05) is 0 Å². The number of aldehydes is 1. The molecule has 1 aromatic rings. The minimum atomic E-state index is -1.29. The van der Waals surface area contributed by atoms with Gasteiger partial charge >= 0.3 is 0 Å². The first-order chi connectivity index (χ1) is 9.27. The van der Waals surface area contributed by atoms with E-state index in [0.29, 0.717) is 6.29 Å². The van der Waals surface area contributed by atoms with Gasteiger partial charge in [0.1, 0.15) is 29.1 Å². The summed E-state index contributed by atoms with van der Waals surface area (Å²) in [5.74, 6) is -3.29. The van der Waals surface area contributed by atoms with Gasteiger partial charge in [0.2, 0.25) is 5.91 Å². The Labute approximate surface area is 113 Å². The standard InChI is InChI=1S/C13H12F2N2O3/c1-13(2)12(20)16-10(19)5-17(13)11-8(14)3-7(6-18)4-9(11)15/h3-4,6H,5H2,1-2H3,(H,16,19,20). The summed E-state index contributed by atoms with van der Waals surface area (Å²) in [6.07, 6.45) is 0.315. The Hall–Kier alpha value is -2.31. The zero-order valence-corrected chi connectivity index (χ0v) is 10.9. The molecule has 0 unspecified atom stereocenters. The molecule has 0 aromatic heterocycles. The molecule has 7 heteroatoms. The van der Waals surface area contributed by atoms with Crippen LogP contribution in [0.25, 0.3) is 0 Å². The van der Waals surface area contributed by atoms with Crippen LogP contribution in [0.4, 0.5) is 14.5 Å². The Balaban J connectivity index is 2.57. The third-order valence-corrected chi connectivity index (χ3v) is 3.23. The smallest absolute Gasteiger partial charge is 0.251 e. The number of halogens is 2. The minimum absolute atomic E-state index is 0.158. The number of anilines is 1. The van der Waals surface area contributed by atoms with Crippen molar-refractivity contribution < 1.29 is 23.2 Å². The van der Waals surface area contributed by atoms with Gasteiger partial charge in [0.15, 0.2) is 0 Å². The van der Waals surface area contributed by atoms with E-state index in [4.69, 9.17) is 0 Å². The van der Waals surface area contributed by atoms with Crippen molar-refractivity contribution >= 4 is 23.8 Å². The minimum Gasteiger partial charge on any atom is -0.343 e. The molecule has 1 heterocycles. The summed E-state index contributed by atoms with van der Waals surface area (Å²) in [7, 11) is 0. The van der Waals surface area contributed by atoms with Gasteiger partial charge in [-0.25, -0.2) is 8.78 Å². The number of rotatable bonds is 2. The van der Waals surface area contributed by atoms with Gasteiger partial charge in [0.05, 0.1) is 6.54 Å². The number of nitrogens with zero attached hydrogens (tertiary/aromatic N) is 1. The Kier molecular flexibility index (Phi) is 3.29. The van der Waals surface area contributed by atoms with Crippen LogP contribution in [0, 0.1) is 11.6 Å². The first kappa shape index (κ1) is 14.1. The summed E-state index contributed by atoms with van der Waals surface area (Å²) in [5, 5.41) is 2.11. The van der Waals surface area contributed by atoms with Crippen LogP contribution < -0.4 is 10.2 Å². The molecule has 0 atom stereocenters. The van der Waals surface area contributed by atoms with E-state index in [9.17, 15) is 23.2 Å². The van der Waals surface area contributed by atoms with Crippen molar-refractivity contribution in [3.05, 3.63) is 29.3 Å². The van der Waals surface area contributed by atoms with E-state index in [2.05, 4.69) is 5.32 Å². The molecule has 1 saturated heterocycles. The highest BCUT2D eigenvalue weighted by Crippen LogP contribution is 2.31. The van der Waals surface area contributed by atoms with E-state index in [-0.39, 0.29) is 12.1 Å². The average Bonchev–Trinajstić information content (AvgIpc) is 2.34. The largest absolute Gasteiger partial charge is 0.343 e. The van der Waals surface area contributed by atoms with Crippen molar-refractivity contribution in [2.24, 2.45) is 0 Å². The average molecular weight is 282 g/mol. The van der Waals surface area contributed by atoms with Gasteiger partial charge in [-0.05, 0) is 26.0 Å². The number of nitrogens with one attached hydrogen (secondary N) is 1. The van der Waals surface area contributed by atoms with E-state index in [1.54, 1.807) is 0 Å². The fraction of sp³-hybridized carbons (Fsp3) is 0.308. The number of imide groups is 1. The van der Waals surface area contributed by atoms with Crippen LogP contribution in [0.2, 0.25) is 0 Å². The third-order valence-electron chi connectivity index (χ3n) is 3.23. The Morgan fingerprint density at radius 1 is 1.25 bits per heavy atom. The van der Waals surface area contributed by atoms with E-state index in [0.717, 1.165) is 17.0 Å². The van der Waals surface area contributed by atoms with Crippen LogP contribution in [-0.4, -0.2) is 30.2 Å². The second kappa shape index (κ2) is 4.66. The van der Waals surface area contributed by atoms with Crippen molar-refractivity contribution in [1.29, 1.82) is 0 Å². The predicted octanol–water partition coefficient (Wildman–Crippen LogP) is 1.02. The van der Waals surface area contributed by atoms with Crippen molar-refractivity contribution in [3.8, 4) is 0 Å². The molecule has 0 spiro atoms. The van der Waals surface area contributed by atoms with Crippen LogP contribution in [0.15, 0.2) is 12.1 Å². The number of carbonyl (C=O) groups excluding carboxylic acids is 3. The topological polar surface area (TPSA) is 66.5 Å². The van der Waals surface area contributed by atoms with Crippen LogP contribution in [0.3, 0.4) is 0 Å². The Morgan fingerprint density at radius 3 is 2.30 bits per heavy atom. The number of carbonyl (C=O) groups is 3. The van der Waals surface area contributed by atoms with Gasteiger partial charge in [-0.1, -0.05) is 0 Å². The number of benzene rings is 1. The molecular weight excluding hydrogens is 270 g/mol. The van der Waals surface area contributed by atoms with Gasteiger partial charge in [-0.3, -0.25) is 19.7 Å². The first-order valence-electron chi connectivity index (χ1n) is 5.83. The second-order valence-corrected chi connectivity index (χ2v) is 4.97. The predicted molar refractivity (Wildman–Crippen MR) is 66.3 cm³/mol. The first-order valence-corrected chi connectivity index (χ1v) is 5.83. The second-order valence-electron chi connectivity index (χ2n) is 4.97. The monoisotopic (exact) mass is 282 g/mol. The maximum atomic E-state index is 14.0. The van der Waals surface area contributed by atoms with Crippen LogP contribution in [0.5, 0.6) is 0 Å². The molecular formula is C13H12F2N2O3. The van der Waals surface area contributed by atoms with Crippen LogP contribution >= 0.6 is 0 Å². The summed E-state index contributed by atoms with van der Waals surface area (Å²) < 4.78 is 28.0. The lowest BCUT2D eigenvalue weighted by Crippen LogP contribution is -2.64. The molecule has 2 rings (SSSR count). The van der Waals surface area contributed by atoms with Gasteiger partial charge in [0, 0.05) is 5.56 Å². The fourth-order valence-electron chi connectivity index (χ4n) is 2.05. The van der Waals surface area contributed by atoms with Crippen LogP contribution in [0.1, 0.15) is 24.2 Å².